The summed E-state index contributed by atoms with van der Waals surface area (Å²) in [6, 6.07) is 14.0. The number of benzene rings is 2. The van der Waals surface area contributed by atoms with E-state index >= 15 is 0 Å². The van der Waals surface area contributed by atoms with Gasteiger partial charge in [-0.05, 0) is 35.4 Å². The lowest BCUT2D eigenvalue weighted by Crippen LogP contribution is -2.12. The molecule has 0 fully saturated rings. The van der Waals surface area contributed by atoms with Crippen molar-refractivity contribution in [3.05, 3.63) is 69.8 Å². The Balaban J connectivity index is 1.59. The van der Waals surface area contributed by atoms with E-state index in [9.17, 15) is 10.1 Å². The van der Waals surface area contributed by atoms with Gasteiger partial charge < -0.3 is 18.9 Å². The van der Waals surface area contributed by atoms with Gasteiger partial charge in [0.05, 0.1) is 38.0 Å². The van der Waals surface area contributed by atoms with Crippen molar-refractivity contribution in [2.75, 3.05) is 46.2 Å². The smallest absolute Gasteiger partial charge is 0.269 e. The Labute approximate surface area is 176 Å². The highest BCUT2D eigenvalue weighted by molar-refractivity contribution is 5.70. The standard InChI is InChI=1S/C23H25NO6/c1-2-13-27-14-15-28-16-17-29-18-19-30-23-11-7-21(8-12-23)4-3-20-5-9-22(10-6-20)24(25)26/h1,3-12H,13-19H2/b4-3+. The molecule has 0 radical (unpaired) electrons. The number of terminal acetylenes is 1. The molecule has 0 aromatic heterocycles. The van der Waals surface area contributed by atoms with Gasteiger partial charge in [-0.2, -0.15) is 0 Å². The van der Waals surface area contributed by atoms with Crippen LogP contribution < -0.4 is 4.74 Å². The molecule has 7 heteroatoms. The summed E-state index contributed by atoms with van der Waals surface area (Å²) in [4.78, 5) is 10.3. The van der Waals surface area contributed by atoms with Crippen molar-refractivity contribution in [2.24, 2.45) is 0 Å². The van der Waals surface area contributed by atoms with E-state index in [-0.39, 0.29) is 5.69 Å². The maximum atomic E-state index is 10.7. The molecule has 0 saturated heterocycles. The number of nitro benzene ring substituents is 1. The van der Waals surface area contributed by atoms with Crippen LogP contribution in [0.2, 0.25) is 0 Å². The van der Waals surface area contributed by atoms with Gasteiger partial charge in [-0.25, -0.2) is 0 Å². The Kier molecular flexibility index (Phi) is 10.7. The molecule has 0 aliphatic rings. The predicted molar refractivity (Wildman–Crippen MR) is 115 cm³/mol. The van der Waals surface area contributed by atoms with E-state index in [2.05, 4.69) is 5.92 Å². The van der Waals surface area contributed by atoms with Crippen LogP contribution in [0.25, 0.3) is 12.2 Å². The first-order valence-electron chi connectivity index (χ1n) is 9.51. The SMILES string of the molecule is C#CCOCCOCCOCCOc1ccc(/C=C/c2ccc([N+](=O)[O-])cc2)cc1. The highest BCUT2D eigenvalue weighted by Crippen LogP contribution is 2.16. The largest absolute Gasteiger partial charge is 0.491 e. The number of hydrogen-bond donors (Lipinski definition) is 0. The van der Waals surface area contributed by atoms with E-state index in [1.807, 2.05) is 36.4 Å². The van der Waals surface area contributed by atoms with E-state index in [4.69, 9.17) is 25.4 Å². The Hall–Kier alpha value is -3.18. The van der Waals surface area contributed by atoms with Crippen molar-refractivity contribution >= 4 is 17.8 Å². The van der Waals surface area contributed by atoms with Crippen LogP contribution in [-0.2, 0) is 14.2 Å². The first-order valence-corrected chi connectivity index (χ1v) is 9.51. The Morgan fingerprint density at radius 3 is 1.83 bits per heavy atom. The van der Waals surface area contributed by atoms with Gasteiger partial charge in [0.25, 0.3) is 5.69 Å². The van der Waals surface area contributed by atoms with Crippen molar-refractivity contribution in [3.8, 4) is 18.1 Å². The van der Waals surface area contributed by atoms with Gasteiger partial charge in [-0.3, -0.25) is 10.1 Å². The summed E-state index contributed by atoms with van der Waals surface area (Å²) in [7, 11) is 0. The molecule has 0 heterocycles. The molecule has 0 aliphatic heterocycles. The Morgan fingerprint density at radius 1 is 0.800 bits per heavy atom. The fourth-order valence-electron chi connectivity index (χ4n) is 2.36. The second kappa shape index (κ2) is 13.9. The molecular formula is C23H25NO6. The molecule has 0 atom stereocenters. The second-order valence-corrected chi connectivity index (χ2v) is 6.08. The topological polar surface area (TPSA) is 80.1 Å². The minimum atomic E-state index is -0.412. The maximum Gasteiger partial charge on any atom is 0.269 e. The predicted octanol–water partition coefficient (Wildman–Crippen LogP) is 3.83. The van der Waals surface area contributed by atoms with E-state index in [1.54, 1.807) is 12.1 Å². The Bertz CT molecular complexity index is 824. The number of rotatable bonds is 14. The molecule has 0 spiro atoms. The van der Waals surface area contributed by atoms with Gasteiger partial charge in [-0.1, -0.05) is 30.2 Å². The molecule has 0 unspecified atom stereocenters. The first-order chi connectivity index (χ1) is 14.7. The molecular weight excluding hydrogens is 386 g/mol. The second-order valence-electron chi connectivity index (χ2n) is 6.08. The van der Waals surface area contributed by atoms with Crippen molar-refractivity contribution in [2.45, 2.75) is 0 Å². The highest BCUT2D eigenvalue weighted by atomic mass is 16.6. The van der Waals surface area contributed by atoms with Crippen LogP contribution in [0.15, 0.2) is 48.5 Å². The minimum absolute atomic E-state index is 0.0795. The number of hydrogen-bond acceptors (Lipinski definition) is 6. The molecule has 0 N–H and O–H groups in total. The summed E-state index contributed by atoms with van der Waals surface area (Å²) in [6.45, 7) is 3.18. The van der Waals surface area contributed by atoms with Crippen LogP contribution in [0, 0.1) is 22.5 Å². The van der Waals surface area contributed by atoms with Gasteiger partial charge >= 0.3 is 0 Å². The van der Waals surface area contributed by atoms with Gasteiger partial charge in [0.1, 0.15) is 19.0 Å². The summed E-state index contributed by atoms with van der Waals surface area (Å²) in [6.07, 6.45) is 8.90. The lowest BCUT2D eigenvalue weighted by atomic mass is 10.1. The number of nitro groups is 1. The van der Waals surface area contributed by atoms with Crippen LogP contribution in [0.1, 0.15) is 11.1 Å². The van der Waals surface area contributed by atoms with Gasteiger partial charge in [0.15, 0.2) is 0 Å². The Morgan fingerprint density at radius 2 is 1.30 bits per heavy atom. The first kappa shape index (κ1) is 23.1. The molecule has 0 aliphatic carbocycles. The molecule has 0 saturated carbocycles. The lowest BCUT2D eigenvalue weighted by molar-refractivity contribution is -0.384. The fourth-order valence-corrected chi connectivity index (χ4v) is 2.36. The normalized spacial score (nSPS) is 10.8. The fraction of sp³-hybridized carbons (Fsp3) is 0.304. The van der Waals surface area contributed by atoms with Crippen molar-refractivity contribution in [1.29, 1.82) is 0 Å². The zero-order chi connectivity index (χ0) is 21.4. The summed E-state index contributed by atoms with van der Waals surface area (Å²) in [5, 5.41) is 10.7. The van der Waals surface area contributed by atoms with Crippen molar-refractivity contribution < 1.29 is 23.9 Å². The van der Waals surface area contributed by atoms with Crippen LogP contribution in [0.4, 0.5) is 5.69 Å². The quantitative estimate of drug-likeness (QED) is 0.155. The van der Waals surface area contributed by atoms with Gasteiger partial charge in [0.2, 0.25) is 0 Å². The molecule has 0 bridgehead atoms. The van der Waals surface area contributed by atoms with Crippen LogP contribution in [0.3, 0.4) is 0 Å². The minimum Gasteiger partial charge on any atom is -0.491 e. The van der Waals surface area contributed by atoms with Crippen molar-refractivity contribution in [3.63, 3.8) is 0 Å². The molecule has 2 aromatic rings. The number of nitrogens with zero attached hydrogens (tertiary/aromatic N) is 1. The average Bonchev–Trinajstić information content (AvgIpc) is 2.77. The van der Waals surface area contributed by atoms with E-state index < -0.39 is 4.92 Å². The molecule has 7 nitrogen and oxygen atoms in total. The third-order valence-corrected chi connectivity index (χ3v) is 3.88. The van der Waals surface area contributed by atoms with Crippen LogP contribution in [-0.4, -0.2) is 51.2 Å². The van der Waals surface area contributed by atoms with Crippen molar-refractivity contribution in [1.82, 2.24) is 0 Å². The lowest BCUT2D eigenvalue weighted by Gasteiger charge is -2.08. The third-order valence-electron chi connectivity index (χ3n) is 3.88. The highest BCUT2D eigenvalue weighted by Gasteiger charge is 2.02. The maximum absolute atomic E-state index is 10.7. The summed E-state index contributed by atoms with van der Waals surface area (Å²) in [5.41, 5.74) is 1.97. The monoisotopic (exact) mass is 411 g/mol. The summed E-state index contributed by atoms with van der Waals surface area (Å²) in [5.74, 6) is 3.15. The van der Waals surface area contributed by atoms with E-state index in [0.29, 0.717) is 46.2 Å². The summed E-state index contributed by atoms with van der Waals surface area (Å²) < 4.78 is 21.5. The molecule has 30 heavy (non-hydrogen) atoms. The van der Waals surface area contributed by atoms with Crippen LogP contribution in [0.5, 0.6) is 5.75 Å². The van der Waals surface area contributed by atoms with Crippen LogP contribution >= 0.6 is 0 Å². The zero-order valence-electron chi connectivity index (χ0n) is 16.7. The molecule has 2 aromatic carbocycles. The van der Waals surface area contributed by atoms with Gasteiger partial charge in [-0.15, -0.1) is 6.42 Å². The zero-order valence-corrected chi connectivity index (χ0v) is 16.7. The number of ether oxygens (including phenoxy) is 4. The number of non-ortho nitro benzene ring substituents is 1. The van der Waals surface area contributed by atoms with E-state index in [1.165, 1.54) is 12.1 Å². The summed E-state index contributed by atoms with van der Waals surface area (Å²) >= 11 is 0. The van der Waals surface area contributed by atoms with E-state index in [0.717, 1.165) is 16.9 Å². The molecule has 0 amide bonds. The van der Waals surface area contributed by atoms with Gasteiger partial charge in [0, 0.05) is 12.1 Å². The molecule has 2 rings (SSSR count). The third kappa shape index (κ3) is 9.34. The average molecular weight is 411 g/mol. The molecule has 158 valence electrons.